The van der Waals surface area contributed by atoms with Crippen LogP contribution in [0.25, 0.3) is 0 Å². The Morgan fingerprint density at radius 2 is 1.85 bits per heavy atom. The molecule has 0 aliphatic heterocycles. The summed E-state index contributed by atoms with van der Waals surface area (Å²) in [6.45, 7) is 1.64. The molecule has 3 N–H and O–H groups in total. The van der Waals surface area contributed by atoms with Crippen LogP contribution < -0.4 is 10.5 Å². The van der Waals surface area contributed by atoms with Crippen molar-refractivity contribution in [1.29, 1.82) is 0 Å². The Hall–Kier alpha value is -1.92. The fraction of sp³-hybridized carbons (Fsp3) is 0.143. The highest BCUT2D eigenvalue weighted by molar-refractivity contribution is 7.89. The first kappa shape index (κ1) is 14.5. The van der Waals surface area contributed by atoms with E-state index in [9.17, 15) is 12.8 Å². The molecule has 0 aliphatic rings. The molecule has 0 amide bonds. The fourth-order valence-corrected chi connectivity index (χ4v) is 2.91. The van der Waals surface area contributed by atoms with Gasteiger partial charge in [-0.15, -0.1) is 0 Å². The summed E-state index contributed by atoms with van der Waals surface area (Å²) in [4.78, 5) is -0.0372. The van der Waals surface area contributed by atoms with Gasteiger partial charge in [0.1, 0.15) is 5.82 Å². The lowest BCUT2D eigenvalue weighted by Gasteiger charge is -2.09. The number of aryl methyl sites for hydroxylation is 1. The van der Waals surface area contributed by atoms with Crippen LogP contribution in [0.1, 0.15) is 11.1 Å². The Kier molecular flexibility index (Phi) is 4.06. The highest BCUT2D eigenvalue weighted by Gasteiger charge is 2.17. The second-order valence-electron chi connectivity index (χ2n) is 4.45. The molecule has 0 aliphatic carbocycles. The van der Waals surface area contributed by atoms with Crippen molar-refractivity contribution in [2.75, 3.05) is 5.73 Å². The molecule has 0 bridgehead atoms. The van der Waals surface area contributed by atoms with Gasteiger partial charge in [0.15, 0.2) is 0 Å². The van der Waals surface area contributed by atoms with Crippen LogP contribution >= 0.6 is 0 Å². The zero-order chi connectivity index (χ0) is 14.8. The minimum absolute atomic E-state index is 0.0372. The molecule has 0 saturated heterocycles. The van der Waals surface area contributed by atoms with Gasteiger partial charge in [-0.25, -0.2) is 17.5 Å². The van der Waals surface area contributed by atoms with Gasteiger partial charge in [0.25, 0.3) is 0 Å². The molecule has 0 atom stereocenters. The van der Waals surface area contributed by atoms with Crippen LogP contribution in [0.15, 0.2) is 47.4 Å². The van der Waals surface area contributed by atoms with E-state index in [1.54, 1.807) is 0 Å². The zero-order valence-electron chi connectivity index (χ0n) is 10.9. The second kappa shape index (κ2) is 5.60. The highest BCUT2D eigenvalue weighted by atomic mass is 32.2. The average Bonchev–Trinajstić information content (AvgIpc) is 2.43. The molecule has 0 heterocycles. The topological polar surface area (TPSA) is 72.2 Å². The Bertz CT molecular complexity index is 692. The predicted molar refractivity (Wildman–Crippen MR) is 76.0 cm³/mol. The van der Waals surface area contributed by atoms with Crippen molar-refractivity contribution < 1.29 is 12.8 Å². The summed E-state index contributed by atoms with van der Waals surface area (Å²) in [6, 6.07) is 11.5. The number of sulfonamides is 1. The third kappa shape index (κ3) is 3.15. The Balaban J connectivity index is 2.23. The van der Waals surface area contributed by atoms with Gasteiger partial charge in [-0.05, 0) is 30.2 Å². The summed E-state index contributed by atoms with van der Waals surface area (Å²) in [5.74, 6) is -0.591. The summed E-state index contributed by atoms with van der Waals surface area (Å²) in [5.41, 5.74) is 6.32. The first-order valence-electron chi connectivity index (χ1n) is 5.99. The maximum atomic E-state index is 13.4. The molecule has 0 fully saturated rings. The quantitative estimate of drug-likeness (QED) is 0.849. The number of nitrogen functional groups attached to an aromatic ring is 1. The summed E-state index contributed by atoms with van der Waals surface area (Å²) in [5, 5.41) is 0. The van der Waals surface area contributed by atoms with Gasteiger partial charge in [-0.3, -0.25) is 0 Å². The number of hydrogen-bond donors (Lipinski definition) is 2. The van der Waals surface area contributed by atoms with Crippen molar-refractivity contribution in [3.8, 4) is 0 Å². The van der Waals surface area contributed by atoms with Crippen LogP contribution in [-0.4, -0.2) is 8.42 Å². The van der Waals surface area contributed by atoms with Gasteiger partial charge < -0.3 is 5.73 Å². The number of nitrogens with one attached hydrogen (secondary N) is 1. The van der Waals surface area contributed by atoms with Crippen LogP contribution in [0.4, 0.5) is 10.1 Å². The lowest BCUT2D eigenvalue weighted by atomic mass is 10.2. The molecule has 0 radical (unpaired) electrons. The molecule has 0 aromatic heterocycles. The molecule has 2 rings (SSSR count). The van der Waals surface area contributed by atoms with Gasteiger partial charge in [0.2, 0.25) is 10.0 Å². The number of hydrogen-bond acceptors (Lipinski definition) is 3. The molecule has 0 saturated carbocycles. The molecule has 0 spiro atoms. The fourth-order valence-electron chi connectivity index (χ4n) is 1.78. The van der Waals surface area contributed by atoms with Crippen LogP contribution in [-0.2, 0) is 16.6 Å². The van der Waals surface area contributed by atoms with E-state index in [1.165, 1.54) is 13.0 Å². The smallest absolute Gasteiger partial charge is 0.240 e. The van der Waals surface area contributed by atoms with E-state index in [2.05, 4.69) is 4.72 Å². The Morgan fingerprint density at radius 3 is 2.45 bits per heavy atom. The minimum Gasteiger partial charge on any atom is -0.396 e. The molecule has 6 heteroatoms. The van der Waals surface area contributed by atoms with Crippen LogP contribution in [0, 0.1) is 12.7 Å². The van der Waals surface area contributed by atoms with E-state index in [0.717, 1.165) is 11.6 Å². The Labute approximate surface area is 117 Å². The molecule has 4 nitrogen and oxygen atoms in total. The van der Waals surface area contributed by atoms with Gasteiger partial charge >= 0.3 is 0 Å². The highest BCUT2D eigenvalue weighted by Crippen LogP contribution is 2.20. The summed E-state index contributed by atoms with van der Waals surface area (Å²) < 4.78 is 40.1. The lowest BCUT2D eigenvalue weighted by molar-refractivity contribution is 0.580. The first-order valence-corrected chi connectivity index (χ1v) is 7.47. The largest absolute Gasteiger partial charge is 0.396 e. The lowest BCUT2D eigenvalue weighted by Crippen LogP contribution is -2.23. The second-order valence-corrected chi connectivity index (χ2v) is 6.22. The van der Waals surface area contributed by atoms with E-state index < -0.39 is 15.8 Å². The van der Waals surface area contributed by atoms with Crippen molar-refractivity contribution >= 4 is 15.7 Å². The summed E-state index contributed by atoms with van der Waals surface area (Å²) >= 11 is 0. The van der Waals surface area contributed by atoms with Crippen molar-refractivity contribution in [1.82, 2.24) is 4.72 Å². The zero-order valence-corrected chi connectivity index (χ0v) is 11.7. The first-order chi connectivity index (χ1) is 9.40. The van der Waals surface area contributed by atoms with Crippen LogP contribution in [0.5, 0.6) is 0 Å². The summed E-state index contributed by atoms with van der Waals surface area (Å²) in [6.07, 6.45) is 0. The third-order valence-electron chi connectivity index (χ3n) is 2.88. The molecule has 20 heavy (non-hydrogen) atoms. The van der Waals surface area contributed by atoms with E-state index in [-0.39, 0.29) is 22.7 Å². The number of halogens is 1. The maximum absolute atomic E-state index is 13.4. The van der Waals surface area contributed by atoms with E-state index >= 15 is 0 Å². The number of anilines is 1. The van der Waals surface area contributed by atoms with Gasteiger partial charge in [0.05, 0.1) is 10.6 Å². The Morgan fingerprint density at radius 1 is 1.20 bits per heavy atom. The van der Waals surface area contributed by atoms with Crippen LogP contribution in [0.2, 0.25) is 0 Å². The van der Waals surface area contributed by atoms with E-state index in [1.807, 2.05) is 30.3 Å². The molecule has 0 unspecified atom stereocenters. The monoisotopic (exact) mass is 294 g/mol. The SMILES string of the molecule is Cc1cc(S(=O)(=O)NCc2ccccc2)cc(N)c1F. The van der Waals surface area contributed by atoms with Crippen molar-refractivity contribution in [2.24, 2.45) is 0 Å². The molecule has 2 aromatic rings. The summed E-state index contributed by atoms with van der Waals surface area (Å²) in [7, 11) is -3.72. The van der Waals surface area contributed by atoms with Gasteiger partial charge in [0, 0.05) is 6.54 Å². The van der Waals surface area contributed by atoms with Gasteiger partial charge in [-0.1, -0.05) is 30.3 Å². The number of nitrogens with two attached hydrogens (primary N) is 1. The van der Waals surface area contributed by atoms with E-state index in [4.69, 9.17) is 5.73 Å². The molecule has 2 aromatic carbocycles. The maximum Gasteiger partial charge on any atom is 0.240 e. The van der Waals surface area contributed by atoms with Crippen molar-refractivity contribution in [3.63, 3.8) is 0 Å². The average molecular weight is 294 g/mol. The van der Waals surface area contributed by atoms with Crippen molar-refractivity contribution in [2.45, 2.75) is 18.4 Å². The molecular weight excluding hydrogens is 279 g/mol. The third-order valence-corrected chi connectivity index (χ3v) is 4.26. The minimum atomic E-state index is -3.72. The van der Waals surface area contributed by atoms with Crippen LogP contribution in [0.3, 0.4) is 0 Å². The van der Waals surface area contributed by atoms with Gasteiger partial charge in [-0.2, -0.15) is 0 Å². The van der Waals surface area contributed by atoms with E-state index in [0.29, 0.717) is 0 Å². The van der Waals surface area contributed by atoms with Crippen molar-refractivity contribution in [3.05, 3.63) is 59.4 Å². The number of benzene rings is 2. The molecule has 106 valence electrons. The molecular formula is C14H15FN2O2S. The predicted octanol–water partition coefficient (Wildman–Crippen LogP) is 2.19. The normalized spacial score (nSPS) is 11.5. The standard InChI is InChI=1S/C14H15FN2O2S/c1-10-7-12(8-13(16)14(10)15)20(18,19)17-9-11-5-3-2-4-6-11/h2-8,17H,9,16H2,1H3. The number of rotatable bonds is 4.